The van der Waals surface area contributed by atoms with Gasteiger partial charge < -0.3 is 9.47 Å². The highest BCUT2D eigenvalue weighted by Gasteiger charge is 2.10. The molecule has 1 aromatic carbocycles. The Hall–Kier alpha value is -1.77. The first kappa shape index (κ1) is 16.3. The van der Waals surface area contributed by atoms with Crippen molar-refractivity contribution in [3.05, 3.63) is 35.9 Å². The monoisotopic (exact) mass is 276 g/mol. The summed E-state index contributed by atoms with van der Waals surface area (Å²) in [5, 5.41) is 0. The van der Waals surface area contributed by atoms with Gasteiger partial charge in [0.05, 0.1) is 6.61 Å². The molecule has 1 aromatic rings. The van der Waals surface area contributed by atoms with Gasteiger partial charge in [-0.25, -0.2) is 4.79 Å². The predicted molar refractivity (Wildman–Crippen MR) is 81.7 cm³/mol. The summed E-state index contributed by atoms with van der Waals surface area (Å²) in [7, 11) is 0. The average Bonchev–Trinajstić information content (AvgIpc) is 2.36. The predicted octanol–water partition coefficient (Wildman–Crippen LogP) is 4.22. The summed E-state index contributed by atoms with van der Waals surface area (Å²) >= 11 is 0. The zero-order chi connectivity index (χ0) is 15.0. The van der Waals surface area contributed by atoms with Crippen LogP contribution in [-0.4, -0.2) is 18.2 Å². The fourth-order valence-electron chi connectivity index (χ4n) is 1.53. The number of esters is 1. The molecule has 3 heteroatoms. The summed E-state index contributed by atoms with van der Waals surface area (Å²) in [5.74, 6) is 0.522. The Morgan fingerprint density at radius 3 is 2.40 bits per heavy atom. The van der Waals surface area contributed by atoms with Gasteiger partial charge in [-0.05, 0) is 51.0 Å². The van der Waals surface area contributed by atoms with Gasteiger partial charge in [0.2, 0.25) is 0 Å². The van der Waals surface area contributed by atoms with Crippen LogP contribution in [0.25, 0.3) is 6.08 Å². The molecule has 0 unspecified atom stereocenters. The highest BCUT2D eigenvalue weighted by Crippen LogP contribution is 2.18. The molecule has 0 bridgehead atoms. The van der Waals surface area contributed by atoms with Gasteiger partial charge in [-0.15, -0.1) is 0 Å². The minimum absolute atomic E-state index is 0.208. The van der Waals surface area contributed by atoms with Crippen LogP contribution in [0.15, 0.2) is 30.3 Å². The summed E-state index contributed by atoms with van der Waals surface area (Å²) in [6.07, 6.45) is 5.12. The van der Waals surface area contributed by atoms with E-state index >= 15 is 0 Å². The van der Waals surface area contributed by atoms with Crippen molar-refractivity contribution in [3.63, 3.8) is 0 Å². The summed E-state index contributed by atoms with van der Waals surface area (Å²) in [6, 6.07) is 7.62. The van der Waals surface area contributed by atoms with E-state index in [0.29, 0.717) is 6.61 Å². The first-order valence-electron chi connectivity index (χ1n) is 7.04. The Balaban J connectivity index is 2.50. The first-order chi connectivity index (χ1) is 9.40. The molecule has 0 spiro atoms. The van der Waals surface area contributed by atoms with Crippen LogP contribution in [0.1, 0.15) is 46.1 Å². The SMILES string of the molecule is CCCCOC(=O)C=Cc1ccc(OC(C)(C)C)cc1. The number of carbonyl (C=O) groups is 1. The Labute approximate surface area is 121 Å². The lowest BCUT2D eigenvalue weighted by Crippen LogP contribution is -2.22. The lowest BCUT2D eigenvalue weighted by Gasteiger charge is -2.21. The van der Waals surface area contributed by atoms with Crippen molar-refractivity contribution in [2.45, 2.75) is 46.1 Å². The van der Waals surface area contributed by atoms with Crippen LogP contribution in [0.4, 0.5) is 0 Å². The smallest absolute Gasteiger partial charge is 0.330 e. The maximum absolute atomic E-state index is 11.4. The van der Waals surface area contributed by atoms with E-state index in [9.17, 15) is 4.79 Å². The van der Waals surface area contributed by atoms with Crippen LogP contribution in [0.3, 0.4) is 0 Å². The molecule has 3 nitrogen and oxygen atoms in total. The van der Waals surface area contributed by atoms with Crippen molar-refractivity contribution >= 4 is 12.0 Å². The van der Waals surface area contributed by atoms with Crippen LogP contribution in [-0.2, 0) is 9.53 Å². The molecule has 0 N–H and O–H groups in total. The van der Waals surface area contributed by atoms with E-state index in [1.807, 2.05) is 45.0 Å². The number of hydrogen-bond donors (Lipinski definition) is 0. The second-order valence-corrected chi connectivity index (χ2v) is 5.64. The largest absolute Gasteiger partial charge is 0.488 e. The van der Waals surface area contributed by atoms with E-state index in [4.69, 9.17) is 9.47 Å². The van der Waals surface area contributed by atoms with Crippen LogP contribution in [0.2, 0.25) is 0 Å². The third kappa shape index (κ3) is 6.98. The summed E-state index contributed by atoms with van der Waals surface area (Å²) in [5.41, 5.74) is 0.735. The second-order valence-electron chi connectivity index (χ2n) is 5.64. The van der Waals surface area contributed by atoms with Gasteiger partial charge in [-0.2, -0.15) is 0 Å². The van der Waals surface area contributed by atoms with Crippen LogP contribution in [0, 0.1) is 0 Å². The summed E-state index contributed by atoms with van der Waals surface area (Å²) < 4.78 is 10.8. The van der Waals surface area contributed by atoms with Gasteiger partial charge in [-0.3, -0.25) is 0 Å². The maximum Gasteiger partial charge on any atom is 0.330 e. The third-order valence-electron chi connectivity index (χ3n) is 2.46. The molecular formula is C17H24O3. The molecule has 0 fully saturated rings. The van der Waals surface area contributed by atoms with Gasteiger partial charge >= 0.3 is 5.97 Å². The molecule has 0 aliphatic heterocycles. The number of unbranched alkanes of at least 4 members (excludes halogenated alkanes) is 1. The highest BCUT2D eigenvalue weighted by molar-refractivity contribution is 5.87. The lowest BCUT2D eigenvalue weighted by atomic mass is 10.1. The van der Waals surface area contributed by atoms with E-state index in [0.717, 1.165) is 24.2 Å². The standard InChI is InChI=1S/C17H24O3/c1-5-6-13-19-16(18)12-9-14-7-10-15(11-8-14)20-17(2,3)4/h7-12H,5-6,13H2,1-4H3. The summed E-state index contributed by atoms with van der Waals surface area (Å²) in [6.45, 7) is 8.57. The van der Waals surface area contributed by atoms with E-state index in [-0.39, 0.29) is 11.6 Å². The molecule has 0 heterocycles. The molecule has 20 heavy (non-hydrogen) atoms. The van der Waals surface area contributed by atoms with Gasteiger partial charge in [0.15, 0.2) is 0 Å². The van der Waals surface area contributed by atoms with Gasteiger partial charge in [0.25, 0.3) is 0 Å². The lowest BCUT2D eigenvalue weighted by molar-refractivity contribution is -0.137. The Bertz CT molecular complexity index is 438. The molecule has 0 saturated carbocycles. The Morgan fingerprint density at radius 2 is 1.85 bits per heavy atom. The van der Waals surface area contributed by atoms with Gasteiger partial charge in [0, 0.05) is 6.08 Å². The number of benzene rings is 1. The molecule has 0 aliphatic carbocycles. The topological polar surface area (TPSA) is 35.5 Å². The van der Waals surface area contributed by atoms with Crippen LogP contribution in [0.5, 0.6) is 5.75 Å². The molecule has 0 amide bonds. The number of ether oxygens (including phenoxy) is 2. The maximum atomic E-state index is 11.4. The molecular weight excluding hydrogens is 252 g/mol. The van der Waals surface area contributed by atoms with Crippen molar-refractivity contribution in [1.29, 1.82) is 0 Å². The van der Waals surface area contributed by atoms with E-state index in [1.165, 1.54) is 6.08 Å². The quantitative estimate of drug-likeness (QED) is 0.443. The molecule has 0 atom stereocenters. The van der Waals surface area contributed by atoms with Gasteiger partial charge in [-0.1, -0.05) is 25.5 Å². The number of rotatable bonds is 6. The van der Waals surface area contributed by atoms with Crippen molar-refractivity contribution in [2.75, 3.05) is 6.61 Å². The summed E-state index contributed by atoms with van der Waals surface area (Å²) in [4.78, 5) is 11.4. The zero-order valence-electron chi connectivity index (χ0n) is 12.8. The average molecular weight is 276 g/mol. The Kier molecular flexibility index (Phi) is 6.29. The van der Waals surface area contributed by atoms with Crippen molar-refractivity contribution in [3.8, 4) is 5.75 Å². The highest BCUT2D eigenvalue weighted by atomic mass is 16.5. The second kappa shape index (κ2) is 7.73. The fraction of sp³-hybridized carbons (Fsp3) is 0.471. The van der Waals surface area contributed by atoms with Crippen LogP contribution >= 0.6 is 0 Å². The molecule has 0 aromatic heterocycles. The van der Waals surface area contributed by atoms with Crippen LogP contribution < -0.4 is 4.74 Å². The molecule has 0 aliphatic rings. The Morgan fingerprint density at radius 1 is 1.20 bits per heavy atom. The molecule has 0 saturated heterocycles. The number of hydrogen-bond acceptors (Lipinski definition) is 3. The minimum Gasteiger partial charge on any atom is -0.488 e. The zero-order valence-corrected chi connectivity index (χ0v) is 12.8. The minimum atomic E-state index is -0.298. The third-order valence-corrected chi connectivity index (χ3v) is 2.46. The molecule has 0 radical (unpaired) electrons. The van der Waals surface area contributed by atoms with E-state index in [2.05, 4.69) is 6.92 Å². The van der Waals surface area contributed by atoms with E-state index < -0.39 is 0 Å². The van der Waals surface area contributed by atoms with Crippen molar-refractivity contribution in [1.82, 2.24) is 0 Å². The van der Waals surface area contributed by atoms with Crippen molar-refractivity contribution < 1.29 is 14.3 Å². The van der Waals surface area contributed by atoms with Crippen molar-refractivity contribution in [2.24, 2.45) is 0 Å². The first-order valence-corrected chi connectivity index (χ1v) is 7.04. The fourth-order valence-corrected chi connectivity index (χ4v) is 1.53. The van der Waals surface area contributed by atoms with E-state index in [1.54, 1.807) is 6.08 Å². The molecule has 1 rings (SSSR count). The normalized spacial score (nSPS) is 11.6. The molecule has 110 valence electrons. The number of carbonyl (C=O) groups excluding carboxylic acids is 1. The van der Waals surface area contributed by atoms with Gasteiger partial charge in [0.1, 0.15) is 11.4 Å².